The molecule has 0 saturated heterocycles. The Morgan fingerprint density at radius 1 is 1.56 bits per heavy atom. The molecule has 0 aromatic carbocycles. The average Bonchev–Trinajstić information content (AvgIpc) is 3.22. The largest absolute Gasteiger partial charge is 0.410 e. The van der Waals surface area contributed by atoms with Gasteiger partial charge in [-0.05, 0) is 11.4 Å². The second-order valence-corrected chi connectivity index (χ2v) is 6.59. The van der Waals surface area contributed by atoms with Crippen molar-refractivity contribution in [2.75, 3.05) is 25.6 Å². The summed E-state index contributed by atoms with van der Waals surface area (Å²) in [6.45, 7) is 0.564. The van der Waals surface area contributed by atoms with Crippen LogP contribution in [0.5, 0.6) is 0 Å². The lowest BCUT2D eigenvalue weighted by Crippen LogP contribution is -2.35. The summed E-state index contributed by atoms with van der Waals surface area (Å²) >= 11 is 1.39. The molecule has 2 N–H and O–H groups in total. The normalized spacial score (nSPS) is 20.0. The fraction of sp³-hybridized carbons (Fsp3) is 0.467. The molecule has 0 saturated carbocycles. The molecule has 2 aromatic heterocycles. The Bertz CT molecular complexity index is 730. The minimum atomic E-state index is -4.46. The van der Waals surface area contributed by atoms with Gasteiger partial charge < -0.3 is 15.4 Å². The highest BCUT2D eigenvalue weighted by Crippen LogP contribution is 2.44. The van der Waals surface area contributed by atoms with E-state index in [9.17, 15) is 18.0 Å². The van der Waals surface area contributed by atoms with Crippen molar-refractivity contribution in [2.45, 2.75) is 24.7 Å². The molecule has 3 rings (SSSR count). The first kappa shape index (κ1) is 17.7. The van der Waals surface area contributed by atoms with Crippen molar-refractivity contribution in [3.05, 3.63) is 34.2 Å². The van der Waals surface area contributed by atoms with Gasteiger partial charge in [0.15, 0.2) is 11.7 Å². The first-order chi connectivity index (χ1) is 11.9. The van der Waals surface area contributed by atoms with Crippen LogP contribution < -0.4 is 10.6 Å². The van der Waals surface area contributed by atoms with Crippen molar-refractivity contribution in [2.24, 2.45) is 0 Å². The average molecular weight is 374 g/mol. The van der Waals surface area contributed by atoms with Gasteiger partial charge in [0.25, 0.3) is 5.91 Å². The fourth-order valence-corrected chi connectivity index (χ4v) is 3.51. The summed E-state index contributed by atoms with van der Waals surface area (Å²) in [6, 6.07) is 2.68. The maximum absolute atomic E-state index is 13.5. The van der Waals surface area contributed by atoms with E-state index in [1.807, 2.05) is 5.38 Å². The van der Waals surface area contributed by atoms with Crippen molar-refractivity contribution < 1.29 is 22.7 Å². The van der Waals surface area contributed by atoms with E-state index < -0.39 is 24.2 Å². The molecule has 0 spiro atoms. The van der Waals surface area contributed by atoms with Crippen LogP contribution >= 0.6 is 11.3 Å². The molecule has 0 fully saturated rings. The number of thiophene rings is 1. The number of carbonyl (C=O) groups excluding carboxylic acids is 1. The molecule has 136 valence electrons. The lowest BCUT2D eigenvalue weighted by molar-refractivity contribution is -0.173. The second-order valence-electron chi connectivity index (χ2n) is 5.61. The minimum Gasteiger partial charge on any atom is -0.383 e. The molecule has 2 unspecified atom stereocenters. The molecular weight excluding hydrogens is 357 g/mol. The number of nitrogens with zero attached hydrogens (tertiary/aromatic N) is 2. The molecule has 2 atom stereocenters. The van der Waals surface area contributed by atoms with Gasteiger partial charge in [-0.1, -0.05) is 6.07 Å². The van der Waals surface area contributed by atoms with Crippen molar-refractivity contribution in [1.29, 1.82) is 0 Å². The van der Waals surface area contributed by atoms with Crippen molar-refractivity contribution in [3.8, 4) is 0 Å². The number of methoxy groups -OCH3 is 1. The highest BCUT2D eigenvalue weighted by Gasteiger charge is 2.47. The van der Waals surface area contributed by atoms with Crippen LogP contribution in [0, 0.1) is 0 Å². The molecule has 3 heterocycles. The topological polar surface area (TPSA) is 68.2 Å². The predicted octanol–water partition coefficient (Wildman–Crippen LogP) is 2.98. The molecule has 10 heteroatoms. The number of alkyl halides is 3. The summed E-state index contributed by atoms with van der Waals surface area (Å²) in [4.78, 5) is 12.9. The van der Waals surface area contributed by atoms with E-state index >= 15 is 0 Å². The lowest BCUT2D eigenvalue weighted by atomic mass is 10.0. The number of hydrogen-bond donors (Lipinski definition) is 2. The summed E-state index contributed by atoms with van der Waals surface area (Å²) in [5.74, 6) is -0.349. The highest BCUT2D eigenvalue weighted by molar-refractivity contribution is 7.10. The van der Waals surface area contributed by atoms with Gasteiger partial charge in [-0.25, -0.2) is 4.68 Å². The Balaban J connectivity index is 1.87. The number of amides is 1. The van der Waals surface area contributed by atoms with E-state index in [1.54, 1.807) is 12.1 Å². The number of hydrogen-bond acceptors (Lipinski definition) is 5. The van der Waals surface area contributed by atoms with Gasteiger partial charge >= 0.3 is 6.18 Å². The summed E-state index contributed by atoms with van der Waals surface area (Å²) < 4.78 is 46.2. The van der Waals surface area contributed by atoms with Crippen molar-refractivity contribution in [1.82, 2.24) is 15.1 Å². The number of anilines is 1. The lowest BCUT2D eigenvalue weighted by Gasteiger charge is -2.32. The number of aromatic nitrogens is 2. The SMILES string of the molecule is COCCNC(=O)c1cc2n(n1)C(C(F)(F)F)CC(c1cccs1)N2. The summed E-state index contributed by atoms with van der Waals surface area (Å²) in [5, 5.41) is 11.3. The number of nitrogens with one attached hydrogen (secondary N) is 2. The van der Waals surface area contributed by atoms with E-state index in [0.29, 0.717) is 6.61 Å². The summed E-state index contributed by atoms with van der Waals surface area (Å²) in [6.07, 6.45) is -4.63. The zero-order valence-corrected chi connectivity index (χ0v) is 14.2. The number of rotatable bonds is 5. The van der Waals surface area contributed by atoms with Gasteiger partial charge in [-0.3, -0.25) is 4.79 Å². The molecule has 2 aromatic rings. The van der Waals surface area contributed by atoms with Crippen LogP contribution in [0.1, 0.15) is 33.9 Å². The molecule has 6 nitrogen and oxygen atoms in total. The number of fused-ring (bicyclic) bond motifs is 1. The predicted molar refractivity (Wildman–Crippen MR) is 86.8 cm³/mol. The quantitative estimate of drug-likeness (QED) is 0.790. The van der Waals surface area contributed by atoms with E-state index in [0.717, 1.165) is 9.56 Å². The number of ether oxygens (including phenoxy) is 1. The third kappa shape index (κ3) is 3.79. The van der Waals surface area contributed by atoms with Crippen LogP contribution in [0.15, 0.2) is 23.6 Å². The van der Waals surface area contributed by atoms with Crippen LogP contribution in [0.3, 0.4) is 0 Å². The minimum absolute atomic E-state index is 0.0558. The van der Waals surface area contributed by atoms with Gasteiger partial charge in [-0.15, -0.1) is 11.3 Å². The Morgan fingerprint density at radius 3 is 3.00 bits per heavy atom. The van der Waals surface area contributed by atoms with E-state index in [-0.39, 0.29) is 24.5 Å². The van der Waals surface area contributed by atoms with Gasteiger partial charge in [0, 0.05) is 31.0 Å². The Labute approximate surface area is 146 Å². The smallest absolute Gasteiger partial charge is 0.383 e. The molecule has 0 bridgehead atoms. The van der Waals surface area contributed by atoms with E-state index in [4.69, 9.17) is 4.74 Å². The zero-order valence-electron chi connectivity index (χ0n) is 13.3. The number of halogens is 3. The third-order valence-electron chi connectivity index (χ3n) is 3.90. The van der Waals surface area contributed by atoms with Crippen molar-refractivity contribution in [3.63, 3.8) is 0 Å². The highest BCUT2D eigenvalue weighted by atomic mass is 32.1. The first-order valence-electron chi connectivity index (χ1n) is 7.63. The molecule has 1 aliphatic rings. The second kappa shape index (κ2) is 7.04. The van der Waals surface area contributed by atoms with Crippen LogP contribution in [0.2, 0.25) is 0 Å². The Hall–Kier alpha value is -2.07. The molecular formula is C15H17F3N4O2S. The molecule has 0 radical (unpaired) electrons. The molecule has 25 heavy (non-hydrogen) atoms. The Kier molecular flexibility index (Phi) is 5.00. The third-order valence-corrected chi connectivity index (χ3v) is 4.89. The van der Waals surface area contributed by atoms with Gasteiger partial charge in [0.05, 0.1) is 12.6 Å². The van der Waals surface area contributed by atoms with E-state index in [2.05, 4.69) is 15.7 Å². The summed E-state index contributed by atoms with van der Waals surface area (Å²) in [7, 11) is 1.49. The standard InChI is InChI=1S/C15H17F3N4O2S/c1-24-5-4-19-14(23)10-8-13-20-9(11-3-2-6-25-11)7-12(15(16,17)18)22(13)21-10/h2-3,6,8-9,12,20H,4-5,7H2,1H3,(H,19,23). The van der Waals surface area contributed by atoms with Gasteiger partial charge in [-0.2, -0.15) is 18.3 Å². The zero-order chi connectivity index (χ0) is 18.0. The van der Waals surface area contributed by atoms with Crippen molar-refractivity contribution >= 4 is 23.1 Å². The molecule has 1 amide bonds. The van der Waals surface area contributed by atoms with Gasteiger partial charge in [0.2, 0.25) is 0 Å². The van der Waals surface area contributed by atoms with Crippen LogP contribution in [0.4, 0.5) is 19.0 Å². The maximum Gasteiger partial charge on any atom is 0.410 e. The molecule has 0 aliphatic carbocycles. The first-order valence-corrected chi connectivity index (χ1v) is 8.51. The Morgan fingerprint density at radius 2 is 2.36 bits per heavy atom. The van der Waals surface area contributed by atoms with Gasteiger partial charge in [0.1, 0.15) is 5.82 Å². The summed E-state index contributed by atoms with van der Waals surface area (Å²) in [5.41, 5.74) is -0.0558. The fourth-order valence-electron chi connectivity index (χ4n) is 2.72. The van der Waals surface area contributed by atoms with Crippen LogP contribution in [0.25, 0.3) is 0 Å². The van der Waals surface area contributed by atoms with Crippen LogP contribution in [-0.4, -0.2) is 42.1 Å². The number of carbonyl (C=O) groups is 1. The monoisotopic (exact) mass is 374 g/mol. The molecule has 1 aliphatic heterocycles. The van der Waals surface area contributed by atoms with E-state index in [1.165, 1.54) is 24.5 Å². The van der Waals surface area contributed by atoms with Crippen LogP contribution in [-0.2, 0) is 4.74 Å². The maximum atomic E-state index is 13.5.